The van der Waals surface area contributed by atoms with E-state index in [9.17, 15) is 0 Å². The fraction of sp³-hybridized carbons (Fsp3) is 0.136. The van der Waals surface area contributed by atoms with Gasteiger partial charge in [0.2, 0.25) is 0 Å². The van der Waals surface area contributed by atoms with Crippen molar-refractivity contribution in [2.24, 2.45) is 0 Å². The second-order valence-electron chi connectivity index (χ2n) is 5.77. The molecule has 3 aromatic carbocycles. The number of hydrogen-bond donors (Lipinski definition) is 0. The Hall–Kier alpha value is -3.05. The maximum Gasteiger partial charge on any atom is 0.119 e. The molecule has 24 heavy (non-hydrogen) atoms. The third-order valence-corrected chi connectivity index (χ3v) is 4.05. The molecule has 0 radical (unpaired) electrons. The topological polar surface area (TPSA) is 33.0 Å². The first kappa shape index (κ1) is 15.8. The SMILES string of the molecule is Cc1ccc(-c2ccc(OCc3ccccc3)cc2)cc1CC#N. The molecule has 3 aromatic rings. The van der Waals surface area contributed by atoms with Gasteiger partial charge in [0.1, 0.15) is 12.4 Å². The lowest BCUT2D eigenvalue weighted by Crippen LogP contribution is -1.94. The average molecular weight is 313 g/mol. The zero-order chi connectivity index (χ0) is 16.8. The third kappa shape index (κ3) is 3.83. The standard InChI is InChI=1S/C22H19NO/c1-17-7-8-21(15-20(17)13-14-23)19-9-11-22(12-10-19)24-16-18-5-3-2-4-6-18/h2-12,15H,13,16H2,1H3. The Labute approximate surface area is 143 Å². The van der Waals surface area contributed by atoms with Crippen LogP contribution in [0, 0.1) is 18.3 Å². The lowest BCUT2D eigenvalue weighted by atomic mass is 9.98. The normalized spacial score (nSPS) is 10.2. The molecule has 2 heteroatoms. The number of rotatable bonds is 5. The van der Waals surface area contributed by atoms with E-state index in [4.69, 9.17) is 10.00 Å². The molecule has 0 saturated carbocycles. The molecule has 0 aliphatic rings. The van der Waals surface area contributed by atoms with Crippen LogP contribution in [0.4, 0.5) is 0 Å². The predicted molar refractivity (Wildman–Crippen MR) is 96.7 cm³/mol. The average Bonchev–Trinajstić information content (AvgIpc) is 2.63. The van der Waals surface area contributed by atoms with Crippen LogP contribution < -0.4 is 4.74 Å². The van der Waals surface area contributed by atoms with Gasteiger partial charge in [0.05, 0.1) is 12.5 Å². The van der Waals surface area contributed by atoms with Gasteiger partial charge in [0.15, 0.2) is 0 Å². The predicted octanol–water partition coefficient (Wildman–Crippen LogP) is 5.31. The molecule has 2 nitrogen and oxygen atoms in total. The highest BCUT2D eigenvalue weighted by Gasteiger charge is 2.03. The summed E-state index contributed by atoms with van der Waals surface area (Å²) in [6.45, 7) is 2.61. The van der Waals surface area contributed by atoms with Crippen molar-refractivity contribution in [3.8, 4) is 22.9 Å². The summed E-state index contributed by atoms with van der Waals surface area (Å²) < 4.78 is 5.82. The fourth-order valence-electron chi connectivity index (χ4n) is 2.61. The number of hydrogen-bond acceptors (Lipinski definition) is 2. The van der Waals surface area contributed by atoms with Gasteiger partial charge in [-0.25, -0.2) is 0 Å². The number of aryl methyl sites for hydroxylation is 1. The monoisotopic (exact) mass is 313 g/mol. The molecule has 0 heterocycles. The molecule has 0 atom stereocenters. The summed E-state index contributed by atoms with van der Waals surface area (Å²) in [7, 11) is 0. The van der Waals surface area contributed by atoms with E-state index in [0.717, 1.165) is 33.6 Å². The van der Waals surface area contributed by atoms with E-state index in [-0.39, 0.29) is 0 Å². The minimum Gasteiger partial charge on any atom is -0.489 e. The smallest absolute Gasteiger partial charge is 0.119 e. The summed E-state index contributed by atoms with van der Waals surface area (Å²) >= 11 is 0. The molecule has 0 aromatic heterocycles. The molecular formula is C22H19NO. The summed E-state index contributed by atoms with van der Waals surface area (Å²) in [5.74, 6) is 0.854. The summed E-state index contributed by atoms with van der Waals surface area (Å²) in [5, 5.41) is 8.93. The van der Waals surface area contributed by atoms with Gasteiger partial charge < -0.3 is 4.74 Å². The minimum atomic E-state index is 0.442. The molecule has 0 bridgehead atoms. The first-order chi connectivity index (χ1) is 11.8. The van der Waals surface area contributed by atoms with Crippen LogP contribution in [0.2, 0.25) is 0 Å². The fourth-order valence-corrected chi connectivity index (χ4v) is 2.61. The maximum absolute atomic E-state index is 8.93. The Morgan fingerprint density at radius 1 is 0.875 bits per heavy atom. The number of nitrogens with zero attached hydrogens (tertiary/aromatic N) is 1. The zero-order valence-electron chi connectivity index (χ0n) is 13.7. The Morgan fingerprint density at radius 2 is 1.58 bits per heavy atom. The number of benzene rings is 3. The van der Waals surface area contributed by atoms with Gasteiger partial charge in [0, 0.05) is 0 Å². The van der Waals surface area contributed by atoms with Crippen LogP contribution in [-0.2, 0) is 13.0 Å². The van der Waals surface area contributed by atoms with E-state index < -0.39 is 0 Å². The van der Waals surface area contributed by atoms with Crippen molar-refractivity contribution in [1.82, 2.24) is 0 Å². The van der Waals surface area contributed by atoms with Crippen LogP contribution in [-0.4, -0.2) is 0 Å². The van der Waals surface area contributed by atoms with Crippen LogP contribution in [0.1, 0.15) is 16.7 Å². The van der Waals surface area contributed by atoms with Crippen molar-refractivity contribution in [2.75, 3.05) is 0 Å². The van der Waals surface area contributed by atoms with E-state index in [1.165, 1.54) is 0 Å². The third-order valence-electron chi connectivity index (χ3n) is 4.05. The van der Waals surface area contributed by atoms with Crippen molar-refractivity contribution in [3.63, 3.8) is 0 Å². The second-order valence-corrected chi connectivity index (χ2v) is 5.77. The lowest BCUT2D eigenvalue weighted by Gasteiger charge is -2.09. The zero-order valence-corrected chi connectivity index (χ0v) is 13.7. The van der Waals surface area contributed by atoms with Gasteiger partial charge >= 0.3 is 0 Å². The van der Waals surface area contributed by atoms with Crippen molar-refractivity contribution < 1.29 is 4.74 Å². The quantitative estimate of drug-likeness (QED) is 0.639. The lowest BCUT2D eigenvalue weighted by molar-refractivity contribution is 0.306. The van der Waals surface area contributed by atoms with Crippen LogP contribution in [0.25, 0.3) is 11.1 Å². The van der Waals surface area contributed by atoms with Crippen molar-refractivity contribution >= 4 is 0 Å². The summed E-state index contributed by atoms with van der Waals surface area (Å²) in [6.07, 6.45) is 0.442. The van der Waals surface area contributed by atoms with Gasteiger partial charge in [-0.05, 0) is 52.9 Å². The van der Waals surface area contributed by atoms with Gasteiger partial charge in [-0.1, -0.05) is 54.6 Å². The first-order valence-corrected chi connectivity index (χ1v) is 8.00. The van der Waals surface area contributed by atoms with Crippen LogP contribution >= 0.6 is 0 Å². The molecule has 0 fully saturated rings. The van der Waals surface area contributed by atoms with Gasteiger partial charge in [-0.15, -0.1) is 0 Å². The molecule has 3 rings (SSSR count). The molecule has 0 N–H and O–H groups in total. The van der Waals surface area contributed by atoms with Crippen LogP contribution in [0.3, 0.4) is 0 Å². The molecule has 0 saturated heterocycles. The molecule has 0 spiro atoms. The molecule has 0 aliphatic heterocycles. The molecular weight excluding hydrogens is 294 g/mol. The van der Waals surface area contributed by atoms with E-state index in [1.54, 1.807) is 0 Å². The minimum absolute atomic E-state index is 0.442. The molecule has 0 amide bonds. The molecule has 0 aliphatic carbocycles. The van der Waals surface area contributed by atoms with Crippen LogP contribution in [0.15, 0.2) is 72.8 Å². The second kappa shape index (κ2) is 7.48. The highest BCUT2D eigenvalue weighted by atomic mass is 16.5. The van der Waals surface area contributed by atoms with E-state index in [0.29, 0.717) is 13.0 Å². The molecule has 0 unspecified atom stereocenters. The number of ether oxygens (including phenoxy) is 1. The van der Waals surface area contributed by atoms with Gasteiger partial charge in [0.25, 0.3) is 0 Å². The van der Waals surface area contributed by atoms with Gasteiger partial charge in [-0.3, -0.25) is 0 Å². The Balaban J connectivity index is 1.72. The van der Waals surface area contributed by atoms with Crippen molar-refractivity contribution in [3.05, 3.63) is 89.5 Å². The van der Waals surface area contributed by atoms with Gasteiger partial charge in [-0.2, -0.15) is 5.26 Å². The summed E-state index contributed by atoms with van der Waals surface area (Å²) in [4.78, 5) is 0. The highest BCUT2D eigenvalue weighted by Crippen LogP contribution is 2.25. The van der Waals surface area contributed by atoms with Crippen molar-refractivity contribution in [2.45, 2.75) is 20.0 Å². The first-order valence-electron chi connectivity index (χ1n) is 8.00. The maximum atomic E-state index is 8.93. The van der Waals surface area contributed by atoms with E-state index in [1.807, 2.05) is 37.3 Å². The van der Waals surface area contributed by atoms with E-state index in [2.05, 4.69) is 48.5 Å². The van der Waals surface area contributed by atoms with Crippen molar-refractivity contribution in [1.29, 1.82) is 5.26 Å². The largest absolute Gasteiger partial charge is 0.489 e. The Bertz CT molecular complexity index is 845. The van der Waals surface area contributed by atoms with Crippen LogP contribution in [0.5, 0.6) is 5.75 Å². The Morgan fingerprint density at radius 3 is 2.29 bits per heavy atom. The summed E-state index contributed by atoms with van der Waals surface area (Å²) in [6, 6.07) is 26.7. The van der Waals surface area contributed by atoms with E-state index >= 15 is 0 Å². The Kier molecular flexibility index (Phi) is 4.93. The number of nitriles is 1. The summed E-state index contributed by atoms with van der Waals surface area (Å²) in [5.41, 5.74) is 5.64. The molecule has 118 valence electrons. The highest BCUT2D eigenvalue weighted by molar-refractivity contribution is 5.65.